The number of nitrogens with two attached hydrogens (primary N) is 1. The second-order valence-corrected chi connectivity index (χ2v) is 6.00. The third-order valence-electron chi connectivity index (χ3n) is 2.80. The number of nitriles is 1. The van der Waals surface area contributed by atoms with Gasteiger partial charge in [-0.15, -0.1) is 0 Å². The first-order chi connectivity index (χ1) is 7.95. The third kappa shape index (κ3) is 1.94. The first-order valence-electron chi connectivity index (χ1n) is 5.23. The predicted octanol–water partition coefficient (Wildman–Crippen LogP) is 0.873. The van der Waals surface area contributed by atoms with E-state index < -0.39 is 15.8 Å². The second kappa shape index (κ2) is 3.93. The lowest BCUT2D eigenvalue weighted by molar-refractivity contribution is 0.587. The number of nitrogen functional groups attached to an aromatic ring is 1. The Bertz CT molecular complexity index is 589. The van der Waals surface area contributed by atoms with E-state index in [1.807, 2.05) is 6.92 Å². The Hall–Kier alpha value is -1.74. The average Bonchev–Trinajstić information content (AvgIpc) is 2.53. The number of anilines is 2. The van der Waals surface area contributed by atoms with Gasteiger partial charge in [0.05, 0.1) is 11.8 Å². The highest BCUT2D eigenvalue weighted by Gasteiger charge is 2.34. The predicted molar refractivity (Wildman–Crippen MR) is 65.9 cm³/mol. The zero-order valence-electron chi connectivity index (χ0n) is 9.42. The number of benzene rings is 1. The number of hydrogen-bond acceptors (Lipinski definition) is 4. The minimum atomic E-state index is -3.55. The molecule has 0 saturated carbocycles. The van der Waals surface area contributed by atoms with Gasteiger partial charge in [-0.1, -0.05) is 0 Å². The number of fused-ring (bicyclic) bond motifs is 1. The minimum absolute atomic E-state index is 0.162. The Balaban J connectivity index is 2.50. The van der Waals surface area contributed by atoms with Crippen LogP contribution in [0.3, 0.4) is 0 Å². The van der Waals surface area contributed by atoms with Crippen LogP contribution in [0.5, 0.6) is 0 Å². The Morgan fingerprint density at radius 2 is 2.29 bits per heavy atom. The molecule has 2 rings (SSSR count). The fourth-order valence-corrected chi connectivity index (χ4v) is 3.60. The van der Waals surface area contributed by atoms with Crippen LogP contribution in [0.1, 0.15) is 12.5 Å². The highest BCUT2D eigenvalue weighted by atomic mass is 32.2. The molecule has 1 aliphatic rings. The first-order valence-corrected chi connectivity index (χ1v) is 6.84. The summed E-state index contributed by atoms with van der Waals surface area (Å²) in [7, 11) is -3.55. The summed E-state index contributed by atoms with van der Waals surface area (Å²) in [6.45, 7) is 1.82. The molecule has 1 aromatic carbocycles. The van der Waals surface area contributed by atoms with E-state index in [4.69, 9.17) is 11.0 Å². The van der Waals surface area contributed by atoms with Crippen LogP contribution in [0, 0.1) is 11.3 Å². The lowest BCUT2D eigenvalue weighted by Gasteiger charge is -2.22. The van der Waals surface area contributed by atoms with Crippen molar-refractivity contribution in [3.8, 4) is 6.07 Å². The largest absolute Gasteiger partial charge is 0.399 e. The summed E-state index contributed by atoms with van der Waals surface area (Å²) < 4.78 is 25.3. The fraction of sp³-hybridized carbons (Fsp3) is 0.364. The van der Waals surface area contributed by atoms with Crippen molar-refractivity contribution in [2.45, 2.75) is 19.4 Å². The number of hydrogen-bond donors (Lipinski definition) is 1. The summed E-state index contributed by atoms with van der Waals surface area (Å²) in [4.78, 5) is 0. The average molecular weight is 251 g/mol. The summed E-state index contributed by atoms with van der Waals surface area (Å²) in [6.07, 6.45) is 0.630. The van der Waals surface area contributed by atoms with Crippen molar-refractivity contribution in [3.05, 3.63) is 23.8 Å². The van der Waals surface area contributed by atoms with Crippen LogP contribution in [0.2, 0.25) is 0 Å². The lowest BCUT2D eigenvalue weighted by atomic mass is 10.1. The molecule has 0 amide bonds. The quantitative estimate of drug-likeness (QED) is 0.790. The molecule has 0 saturated heterocycles. The zero-order valence-corrected chi connectivity index (χ0v) is 10.2. The first kappa shape index (κ1) is 11.7. The molecule has 1 atom stereocenters. The van der Waals surface area contributed by atoms with Crippen LogP contribution >= 0.6 is 0 Å². The van der Waals surface area contributed by atoms with Crippen molar-refractivity contribution in [3.63, 3.8) is 0 Å². The monoisotopic (exact) mass is 251 g/mol. The summed E-state index contributed by atoms with van der Waals surface area (Å²) in [6, 6.07) is 6.69. The smallest absolute Gasteiger partial charge is 0.248 e. The van der Waals surface area contributed by atoms with Crippen molar-refractivity contribution in [1.82, 2.24) is 0 Å². The van der Waals surface area contributed by atoms with Gasteiger partial charge < -0.3 is 5.73 Å². The standard InChI is InChI=1S/C11H13N3O2S/c1-8-6-9-7-10(13)2-3-11(9)14(8)17(15,16)5-4-12/h2-3,7-8H,5-6,13H2,1H3. The lowest BCUT2D eigenvalue weighted by Crippen LogP contribution is -2.37. The Morgan fingerprint density at radius 1 is 1.59 bits per heavy atom. The van der Waals surface area contributed by atoms with Crippen LogP contribution in [0.25, 0.3) is 0 Å². The van der Waals surface area contributed by atoms with Crippen molar-refractivity contribution in [2.75, 3.05) is 15.8 Å². The maximum Gasteiger partial charge on any atom is 0.248 e. The molecule has 1 unspecified atom stereocenters. The molecule has 17 heavy (non-hydrogen) atoms. The molecule has 0 radical (unpaired) electrons. The fourth-order valence-electron chi connectivity index (χ4n) is 2.20. The van der Waals surface area contributed by atoms with Gasteiger partial charge in [0.25, 0.3) is 0 Å². The van der Waals surface area contributed by atoms with E-state index in [1.165, 1.54) is 4.31 Å². The maximum absolute atomic E-state index is 12.0. The van der Waals surface area contributed by atoms with Crippen molar-refractivity contribution in [2.24, 2.45) is 0 Å². The number of sulfonamides is 1. The van der Waals surface area contributed by atoms with Gasteiger partial charge >= 0.3 is 0 Å². The Morgan fingerprint density at radius 3 is 2.94 bits per heavy atom. The number of nitrogens with zero attached hydrogens (tertiary/aromatic N) is 2. The summed E-state index contributed by atoms with van der Waals surface area (Å²) >= 11 is 0. The highest BCUT2D eigenvalue weighted by molar-refractivity contribution is 7.93. The zero-order chi connectivity index (χ0) is 12.6. The molecule has 0 aromatic heterocycles. The van der Waals surface area contributed by atoms with Crippen molar-refractivity contribution >= 4 is 21.4 Å². The van der Waals surface area contributed by atoms with Gasteiger partial charge in [-0.2, -0.15) is 5.26 Å². The molecule has 2 N–H and O–H groups in total. The van der Waals surface area contributed by atoms with E-state index >= 15 is 0 Å². The molecule has 0 fully saturated rings. The highest BCUT2D eigenvalue weighted by Crippen LogP contribution is 2.35. The third-order valence-corrected chi connectivity index (χ3v) is 4.45. The van der Waals surface area contributed by atoms with E-state index in [0.717, 1.165) is 5.56 Å². The summed E-state index contributed by atoms with van der Waals surface area (Å²) in [5, 5.41) is 8.56. The number of rotatable bonds is 2. The van der Waals surface area contributed by atoms with Gasteiger partial charge in [0.15, 0.2) is 5.75 Å². The SMILES string of the molecule is CC1Cc2cc(N)ccc2N1S(=O)(=O)CC#N. The van der Waals surface area contributed by atoms with E-state index in [0.29, 0.717) is 17.8 Å². The maximum atomic E-state index is 12.0. The second-order valence-electron chi connectivity index (χ2n) is 4.15. The summed E-state index contributed by atoms with van der Waals surface area (Å²) in [5.74, 6) is -0.499. The Kier molecular flexibility index (Phi) is 2.71. The molecule has 6 heteroatoms. The van der Waals surface area contributed by atoms with Crippen molar-refractivity contribution < 1.29 is 8.42 Å². The van der Waals surface area contributed by atoms with E-state index in [9.17, 15) is 8.42 Å². The normalized spacial score (nSPS) is 18.8. The summed E-state index contributed by atoms with van der Waals surface area (Å²) in [5.41, 5.74) is 7.85. The van der Waals surface area contributed by atoms with Gasteiger partial charge in [0, 0.05) is 11.7 Å². The topological polar surface area (TPSA) is 87.2 Å². The van der Waals surface area contributed by atoms with Crippen molar-refractivity contribution in [1.29, 1.82) is 5.26 Å². The van der Waals surface area contributed by atoms with E-state index in [-0.39, 0.29) is 6.04 Å². The van der Waals surface area contributed by atoms with Gasteiger partial charge in [0.1, 0.15) is 0 Å². The van der Waals surface area contributed by atoms with Gasteiger partial charge in [0.2, 0.25) is 10.0 Å². The molecule has 1 aromatic rings. The van der Waals surface area contributed by atoms with Crippen LogP contribution in [-0.2, 0) is 16.4 Å². The van der Waals surface area contributed by atoms with Crippen LogP contribution in [0.15, 0.2) is 18.2 Å². The molecule has 0 aliphatic carbocycles. The molecule has 0 bridgehead atoms. The van der Waals surface area contributed by atoms with E-state index in [2.05, 4.69) is 0 Å². The molecular weight excluding hydrogens is 238 g/mol. The molecular formula is C11H13N3O2S. The van der Waals surface area contributed by atoms with Gasteiger partial charge in [-0.25, -0.2) is 8.42 Å². The Labute approximate surface area is 101 Å². The van der Waals surface area contributed by atoms with Crippen LogP contribution in [0.4, 0.5) is 11.4 Å². The van der Waals surface area contributed by atoms with E-state index in [1.54, 1.807) is 24.3 Å². The van der Waals surface area contributed by atoms with Gasteiger partial charge in [-0.3, -0.25) is 4.31 Å². The molecule has 5 nitrogen and oxygen atoms in total. The minimum Gasteiger partial charge on any atom is -0.399 e. The van der Waals surface area contributed by atoms with Gasteiger partial charge in [-0.05, 0) is 37.1 Å². The van der Waals surface area contributed by atoms with Crippen LogP contribution in [-0.4, -0.2) is 20.2 Å². The molecule has 0 spiro atoms. The van der Waals surface area contributed by atoms with Crippen LogP contribution < -0.4 is 10.0 Å². The molecule has 90 valence electrons. The molecule has 1 aliphatic heterocycles. The molecule has 1 heterocycles.